The fraction of sp³-hybridized carbons (Fsp3) is 0.143. The number of aromatic nitrogens is 1. The van der Waals surface area contributed by atoms with Crippen molar-refractivity contribution < 1.29 is 22.9 Å². The summed E-state index contributed by atoms with van der Waals surface area (Å²) in [6.07, 6.45) is 1.12. The Bertz CT molecular complexity index is 961. The number of hydrogen-bond donors (Lipinski definition) is 1. The summed E-state index contributed by atoms with van der Waals surface area (Å²) in [6.45, 7) is 1.58. The van der Waals surface area contributed by atoms with Gasteiger partial charge in [0.05, 0.1) is 22.1 Å². The largest absolute Gasteiger partial charge is 0.480 e. The Morgan fingerprint density at radius 2 is 2.04 bits per heavy atom. The van der Waals surface area contributed by atoms with E-state index in [4.69, 9.17) is 4.74 Å². The van der Waals surface area contributed by atoms with Crippen LogP contribution in [-0.2, 0) is 10.0 Å². The zero-order chi connectivity index (χ0) is 18.8. The lowest BCUT2D eigenvalue weighted by Crippen LogP contribution is -2.31. The average Bonchev–Trinajstić information content (AvgIpc) is 2.54. The predicted octanol–water partition coefficient (Wildman–Crippen LogP) is 2.19. The first-order valence-electron chi connectivity index (χ1n) is 6.67. The standard InChI is InChI=1S/C14H12BrN3O6S/c1-8-3-4-11(18(20)21)12(5-8)25(22,23)17-13(19)9-6-10(15)14(24-2)16-7-9/h3-7H,1-2H3,(H,17,19). The number of halogens is 1. The summed E-state index contributed by atoms with van der Waals surface area (Å²) in [5, 5.41) is 11.0. The molecule has 0 radical (unpaired) electrons. The van der Waals surface area contributed by atoms with Crippen molar-refractivity contribution in [3.05, 3.63) is 56.2 Å². The number of ether oxygens (including phenoxy) is 1. The second kappa shape index (κ2) is 7.15. The molecular weight excluding hydrogens is 418 g/mol. The van der Waals surface area contributed by atoms with Gasteiger partial charge in [-0.15, -0.1) is 0 Å². The van der Waals surface area contributed by atoms with Crippen LogP contribution in [0.3, 0.4) is 0 Å². The Labute approximate surface area is 151 Å². The van der Waals surface area contributed by atoms with E-state index >= 15 is 0 Å². The van der Waals surface area contributed by atoms with Gasteiger partial charge in [-0.05, 0) is 40.5 Å². The molecule has 0 aliphatic heterocycles. The monoisotopic (exact) mass is 429 g/mol. The van der Waals surface area contributed by atoms with Gasteiger partial charge in [-0.3, -0.25) is 14.9 Å². The molecule has 1 aromatic carbocycles. The Morgan fingerprint density at radius 3 is 2.60 bits per heavy atom. The van der Waals surface area contributed by atoms with Crippen molar-refractivity contribution in [3.8, 4) is 5.88 Å². The molecule has 2 aromatic rings. The first kappa shape index (κ1) is 18.8. The normalized spacial score (nSPS) is 11.0. The SMILES string of the molecule is COc1ncc(C(=O)NS(=O)(=O)c2cc(C)ccc2[N+](=O)[O-])cc1Br. The van der Waals surface area contributed by atoms with Crippen LogP contribution >= 0.6 is 15.9 Å². The zero-order valence-electron chi connectivity index (χ0n) is 13.0. The molecule has 132 valence electrons. The Balaban J connectivity index is 2.39. The summed E-state index contributed by atoms with van der Waals surface area (Å²) in [4.78, 5) is 25.7. The molecule has 1 N–H and O–H groups in total. The van der Waals surface area contributed by atoms with Crippen LogP contribution in [0.15, 0.2) is 39.8 Å². The highest BCUT2D eigenvalue weighted by Crippen LogP contribution is 2.26. The number of aryl methyl sites for hydroxylation is 1. The molecule has 9 nitrogen and oxygen atoms in total. The van der Waals surface area contributed by atoms with E-state index in [1.807, 2.05) is 0 Å². The zero-order valence-corrected chi connectivity index (χ0v) is 15.4. The number of pyridine rings is 1. The minimum atomic E-state index is -4.45. The topological polar surface area (TPSA) is 128 Å². The Kier molecular flexibility index (Phi) is 5.38. The number of nitrogens with zero attached hydrogens (tertiary/aromatic N) is 2. The average molecular weight is 430 g/mol. The van der Waals surface area contributed by atoms with Gasteiger partial charge in [0.15, 0.2) is 4.90 Å². The molecule has 2 rings (SSSR count). The molecule has 0 unspecified atom stereocenters. The number of methoxy groups -OCH3 is 1. The lowest BCUT2D eigenvalue weighted by molar-refractivity contribution is -0.387. The van der Waals surface area contributed by atoms with Gasteiger partial charge in [-0.1, -0.05) is 6.07 Å². The molecule has 0 fully saturated rings. The number of hydrogen-bond acceptors (Lipinski definition) is 7. The Hall–Kier alpha value is -2.53. The quantitative estimate of drug-likeness (QED) is 0.569. The fourth-order valence-electron chi connectivity index (χ4n) is 1.92. The summed E-state index contributed by atoms with van der Waals surface area (Å²) in [7, 11) is -3.07. The van der Waals surface area contributed by atoms with Crippen molar-refractivity contribution in [1.29, 1.82) is 0 Å². The number of nitro groups is 1. The number of benzene rings is 1. The van der Waals surface area contributed by atoms with Crippen LogP contribution in [0.5, 0.6) is 5.88 Å². The molecule has 0 saturated heterocycles. The highest BCUT2D eigenvalue weighted by atomic mass is 79.9. The molecule has 1 heterocycles. The molecule has 1 aromatic heterocycles. The van der Waals surface area contributed by atoms with Crippen molar-refractivity contribution in [2.24, 2.45) is 0 Å². The van der Waals surface area contributed by atoms with Crippen LogP contribution in [0.4, 0.5) is 5.69 Å². The first-order chi connectivity index (χ1) is 11.7. The third-order valence-electron chi connectivity index (χ3n) is 3.09. The fourth-order valence-corrected chi connectivity index (χ4v) is 3.66. The Morgan fingerprint density at radius 1 is 1.36 bits per heavy atom. The summed E-state index contributed by atoms with van der Waals surface area (Å²) in [6, 6.07) is 4.92. The number of carbonyl (C=O) groups is 1. The molecule has 0 saturated carbocycles. The molecular formula is C14H12BrN3O6S. The molecule has 0 aliphatic rings. The van der Waals surface area contributed by atoms with Crippen molar-refractivity contribution in [2.75, 3.05) is 7.11 Å². The summed E-state index contributed by atoms with van der Waals surface area (Å²) in [5.74, 6) is -0.764. The van der Waals surface area contributed by atoms with Crippen molar-refractivity contribution in [3.63, 3.8) is 0 Å². The molecule has 1 amide bonds. The maximum atomic E-state index is 12.4. The molecule has 11 heteroatoms. The lowest BCUT2D eigenvalue weighted by Gasteiger charge is -2.09. The van der Waals surface area contributed by atoms with Crippen molar-refractivity contribution in [1.82, 2.24) is 9.71 Å². The predicted molar refractivity (Wildman–Crippen MR) is 91.0 cm³/mol. The van der Waals surface area contributed by atoms with Crippen LogP contribution in [0.25, 0.3) is 0 Å². The van der Waals surface area contributed by atoms with Crippen LogP contribution in [0.1, 0.15) is 15.9 Å². The van der Waals surface area contributed by atoms with Gasteiger partial charge in [0.1, 0.15) is 0 Å². The molecule has 0 atom stereocenters. The number of nitro benzene ring substituents is 1. The number of nitrogens with one attached hydrogen (secondary N) is 1. The van der Waals surface area contributed by atoms with Gasteiger partial charge in [0.2, 0.25) is 5.88 Å². The number of amides is 1. The van der Waals surface area contributed by atoms with E-state index in [0.29, 0.717) is 10.0 Å². The second-order valence-electron chi connectivity index (χ2n) is 4.88. The van der Waals surface area contributed by atoms with Gasteiger partial charge in [0.25, 0.3) is 21.6 Å². The minimum Gasteiger partial charge on any atom is -0.480 e. The van der Waals surface area contributed by atoms with Crippen LogP contribution in [-0.4, -0.2) is 31.3 Å². The first-order valence-corrected chi connectivity index (χ1v) is 8.95. The smallest absolute Gasteiger partial charge is 0.289 e. The van der Waals surface area contributed by atoms with Gasteiger partial charge in [-0.25, -0.2) is 18.1 Å². The molecule has 0 bridgehead atoms. The lowest BCUT2D eigenvalue weighted by atomic mass is 10.2. The van der Waals surface area contributed by atoms with Crippen molar-refractivity contribution >= 4 is 37.5 Å². The second-order valence-corrected chi connectivity index (χ2v) is 7.38. The maximum absolute atomic E-state index is 12.4. The van der Waals surface area contributed by atoms with E-state index in [-0.39, 0.29) is 11.4 Å². The van der Waals surface area contributed by atoms with E-state index in [1.165, 1.54) is 19.2 Å². The molecule has 0 spiro atoms. The third-order valence-corrected chi connectivity index (χ3v) is 5.02. The van der Waals surface area contributed by atoms with E-state index in [1.54, 1.807) is 11.6 Å². The minimum absolute atomic E-state index is 0.0634. The molecule has 25 heavy (non-hydrogen) atoms. The van der Waals surface area contributed by atoms with Gasteiger partial charge in [-0.2, -0.15) is 0 Å². The highest BCUT2D eigenvalue weighted by molar-refractivity contribution is 9.10. The summed E-state index contributed by atoms with van der Waals surface area (Å²) in [5.41, 5.74) is -0.196. The van der Waals surface area contributed by atoms with Crippen molar-refractivity contribution in [2.45, 2.75) is 11.8 Å². The van der Waals surface area contributed by atoms with Gasteiger partial charge >= 0.3 is 0 Å². The van der Waals surface area contributed by atoms with E-state index in [2.05, 4.69) is 20.9 Å². The third kappa shape index (κ3) is 4.12. The van der Waals surface area contributed by atoms with E-state index in [9.17, 15) is 23.3 Å². The number of sulfonamides is 1. The molecule has 0 aliphatic carbocycles. The van der Waals surface area contributed by atoms with Crippen LogP contribution in [0, 0.1) is 17.0 Å². The maximum Gasteiger partial charge on any atom is 0.289 e. The summed E-state index contributed by atoms with van der Waals surface area (Å²) < 4.78 is 31.9. The van der Waals surface area contributed by atoms with Crippen LogP contribution in [0.2, 0.25) is 0 Å². The number of rotatable bonds is 5. The van der Waals surface area contributed by atoms with Gasteiger partial charge in [0, 0.05) is 12.3 Å². The number of carbonyl (C=O) groups excluding carboxylic acids is 1. The van der Waals surface area contributed by atoms with Gasteiger partial charge < -0.3 is 4.74 Å². The van der Waals surface area contributed by atoms with Crippen LogP contribution < -0.4 is 9.46 Å². The summed E-state index contributed by atoms with van der Waals surface area (Å²) >= 11 is 3.13. The van der Waals surface area contributed by atoms with E-state index in [0.717, 1.165) is 18.3 Å². The highest BCUT2D eigenvalue weighted by Gasteiger charge is 2.28. The van der Waals surface area contributed by atoms with E-state index < -0.39 is 31.4 Å².